The van der Waals surface area contributed by atoms with Gasteiger partial charge >= 0.3 is 6.09 Å². The number of aromatic amines is 1. The van der Waals surface area contributed by atoms with E-state index in [1.165, 1.54) is 7.11 Å². The number of alkyl carbamates (subject to hydrolysis) is 1. The summed E-state index contributed by atoms with van der Waals surface area (Å²) in [7, 11) is 2.92. The number of carbonyl (C=O) groups excluding carboxylic acids is 2. The van der Waals surface area contributed by atoms with Crippen molar-refractivity contribution in [1.82, 2.24) is 15.2 Å². The molecule has 180 valence electrons. The van der Waals surface area contributed by atoms with E-state index in [0.29, 0.717) is 26.2 Å². The van der Waals surface area contributed by atoms with Crippen LogP contribution in [-0.4, -0.2) is 68.0 Å². The van der Waals surface area contributed by atoms with Gasteiger partial charge in [0.05, 0.1) is 32.5 Å². The molecule has 2 aromatic rings. The van der Waals surface area contributed by atoms with Gasteiger partial charge in [-0.3, -0.25) is 4.79 Å². The number of hydrogen-bond acceptors (Lipinski definition) is 5. The zero-order valence-electron chi connectivity index (χ0n) is 19.5. The molecule has 1 aliphatic rings. The van der Waals surface area contributed by atoms with Crippen molar-refractivity contribution in [2.75, 3.05) is 34.0 Å². The van der Waals surface area contributed by atoms with E-state index in [-0.39, 0.29) is 24.0 Å². The van der Waals surface area contributed by atoms with Crippen LogP contribution < -0.4 is 5.32 Å². The van der Waals surface area contributed by atoms with E-state index in [2.05, 4.69) is 32.3 Å². The Kier molecular flexibility index (Phi) is 8.94. The molecule has 1 aliphatic heterocycles. The van der Waals surface area contributed by atoms with Crippen LogP contribution in [0.2, 0.25) is 0 Å². The maximum Gasteiger partial charge on any atom is 0.407 e. The van der Waals surface area contributed by atoms with Gasteiger partial charge in [-0.15, -0.1) is 0 Å². The lowest BCUT2D eigenvalue weighted by atomic mass is 10.0. The average molecular weight is 522 g/mol. The third kappa shape index (κ3) is 6.37. The SMILES string of the molecule is COCCO[C@H]1C[C@@H](c2cc(-c3ccc(Br)cc3)c[nH]2)N(C(=O)[C@@H](NC(=O)OC)C(C)C)C1. The van der Waals surface area contributed by atoms with E-state index in [4.69, 9.17) is 14.2 Å². The van der Waals surface area contributed by atoms with Gasteiger partial charge in [-0.25, -0.2) is 4.79 Å². The third-order valence-corrected chi connectivity index (χ3v) is 6.35. The zero-order chi connectivity index (χ0) is 24.0. The second-order valence-electron chi connectivity index (χ2n) is 8.44. The van der Waals surface area contributed by atoms with Crippen molar-refractivity contribution in [3.63, 3.8) is 0 Å². The lowest BCUT2D eigenvalue weighted by Gasteiger charge is -2.30. The van der Waals surface area contributed by atoms with Crippen LogP contribution in [-0.2, 0) is 19.0 Å². The van der Waals surface area contributed by atoms with Crippen molar-refractivity contribution < 1.29 is 23.8 Å². The number of hydrogen-bond donors (Lipinski definition) is 2. The molecule has 0 unspecified atom stereocenters. The predicted molar refractivity (Wildman–Crippen MR) is 129 cm³/mol. The molecule has 2 amide bonds. The number of rotatable bonds is 9. The van der Waals surface area contributed by atoms with Gasteiger partial charge in [-0.1, -0.05) is 41.9 Å². The standard InChI is InChI=1S/C24H32BrN3O5/c1-15(2)22(27-24(30)32-4)23(29)28-14-19(33-10-9-31-3)12-21(28)20-11-17(13-26-20)16-5-7-18(25)8-6-16/h5-8,11,13,15,19,21-22,26H,9-10,12,14H2,1-4H3,(H,27,30)/t19-,21-,22-/m0/s1. The molecule has 2 heterocycles. The molecule has 3 atom stereocenters. The Morgan fingerprint density at radius 2 is 1.91 bits per heavy atom. The zero-order valence-corrected chi connectivity index (χ0v) is 21.1. The molecule has 33 heavy (non-hydrogen) atoms. The Morgan fingerprint density at radius 1 is 1.18 bits per heavy atom. The molecule has 3 rings (SSSR count). The first-order valence-corrected chi connectivity index (χ1v) is 11.8. The molecule has 0 spiro atoms. The van der Waals surface area contributed by atoms with Crippen molar-refractivity contribution in [1.29, 1.82) is 0 Å². The van der Waals surface area contributed by atoms with Crippen LogP contribution in [0.15, 0.2) is 41.0 Å². The van der Waals surface area contributed by atoms with Crippen LogP contribution in [0.5, 0.6) is 0 Å². The Hall–Kier alpha value is -2.36. The lowest BCUT2D eigenvalue weighted by molar-refractivity contribution is -0.136. The summed E-state index contributed by atoms with van der Waals surface area (Å²) in [5, 5.41) is 2.69. The number of methoxy groups -OCH3 is 2. The summed E-state index contributed by atoms with van der Waals surface area (Å²) in [6.45, 7) is 5.18. The Labute approximate surface area is 203 Å². The summed E-state index contributed by atoms with van der Waals surface area (Å²) in [5.41, 5.74) is 3.05. The van der Waals surface area contributed by atoms with E-state index >= 15 is 0 Å². The fraction of sp³-hybridized carbons (Fsp3) is 0.500. The number of nitrogens with zero attached hydrogens (tertiary/aromatic N) is 1. The number of ether oxygens (including phenoxy) is 3. The summed E-state index contributed by atoms with van der Waals surface area (Å²) in [6, 6.07) is 9.26. The summed E-state index contributed by atoms with van der Waals surface area (Å²) in [5.74, 6) is -0.259. The molecule has 0 aliphatic carbocycles. The minimum absolute atomic E-state index is 0.104. The summed E-state index contributed by atoms with van der Waals surface area (Å²) >= 11 is 3.47. The largest absolute Gasteiger partial charge is 0.453 e. The maximum atomic E-state index is 13.6. The molecule has 1 saturated heterocycles. The first kappa shape index (κ1) is 25.3. The molecular weight excluding hydrogens is 490 g/mol. The highest BCUT2D eigenvalue weighted by molar-refractivity contribution is 9.10. The minimum atomic E-state index is -0.696. The van der Waals surface area contributed by atoms with E-state index in [1.807, 2.05) is 44.3 Å². The highest BCUT2D eigenvalue weighted by Crippen LogP contribution is 2.36. The summed E-state index contributed by atoms with van der Waals surface area (Å²) in [4.78, 5) is 30.6. The van der Waals surface area contributed by atoms with Gasteiger partial charge in [0.1, 0.15) is 6.04 Å². The van der Waals surface area contributed by atoms with Crippen molar-refractivity contribution in [2.45, 2.75) is 38.5 Å². The highest BCUT2D eigenvalue weighted by Gasteiger charge is 2.41. The number of amides is 2. The second kappa shape index (κ2) is 11.7. The number of halogens is 1. The molecule has 0 radical (unpaired) electrons. The maximum absolute atomic E-state index is 13.6. The Morgan fingerprint density at radius 3 is 2.55 bits per heavy atom. The van der Waals surface area contributed by atoms with Crippen molar-refractivity contribution >= 4 is 27.9 Å². The van der Waals surface area contributed by atoms with Crippen LogP contribution >= 0.6 is 15.9 Å². The first-order chi connectivity index (χ1) is 15.8. The van der Waals surface area contributed by atoms with Gasteiger partial charge < -0.3 is 29.4 Å². The van der Waals surface area contributed by atoms with Crippen molar-refractivity contribution in [2.24, 2.45) is 5.92 Å². The minimum Gasteiger partial charge on any atom is -0.453 e. The van der Waals surface area contributed by atoms with Gasteiger partial charge in [0.2, 0.25) is 5.91 Å². The van der Waals surface area contributed by atoms with Gasteiger partial charge in [0, 0.05) is 36.4 Å². The topological polar surface area (TPSA) is 92.9 Å². The first-order valence-electron chi connectivity index (χ1n) is 11.0. The van der Waals surface area contributed by atoms with Crippen LogP contribution in [0.1, 0.15) is 32.0 Å². The Bertz CT molecular complexity index is 930. The van der Waals surface area contributed by atoms with E-state index < -0.39 is 12.1 Å². The lowest BCUT2D eigenvalue weighted by Crippen LogP contribution is -2.51. The second-order valence-corrected chi connectivity index (χ2v) is 9.35. The molecule has 2 N–H and O–H groups in total. The van der Waals surface area contributed by atoms with Crippen LogP contribution in [0, 0.1) is 5.92 Å². The summed E-state index contributed by atoms with van der Waals surface area (Å²) in [6.07, 6.45) is 1.86. The molecule has 0 saturated carbocycles. The van der Waals surface area contributed by atoms with E-state index in [0.717, 1.165) is 21.3 Å². The smallest absolute Gasteiger partial charge is 0.407 e. The van der Waals surface area contributed by atoms with Crippen LogP contribution in [0.4, 0.5) is 4.79 Å². The molecule has 0 bridgehead atoms. The molecule has 9 heteroatoms. The molecule has 1 aromatic carbocycles. The van der Waals surface area contributed by atoms with Gasteiger partial charge in [0.15, 0.2) is 0 Å². The number of H-pyrrole nitrogens is 1. The van der Waals surface area contributed by atoms with Crippen molar-refractivity contribution in [3.8, 4) is 11.1 Å². The van der Waals surface area contributed by atoms with Crippen molar-refractivity contribution in [3.05, 3.63) is 46.7 Å². The van der Waals surface area contributed by atoms with Gasteiger partial charge in [0.25, 0.3) is 0 Å². The van der Waals surface area contributed by atoms with E-state index in [1.54, 1.807) is 12.0 Å². The quantitative estimate of drug-likeness (QED) is 0.484. The number of aromatic nitrogens is 1. The number of carbonyl (C=O) groups is 2. The van der Waals surface area contributed by atoms with Crippen LogP contribution in [0.25, 0.3) is 11.1 Å². The third-order valence-electron chi connectivity index (χ3n) is 5.82. The van der Waals surface area contributed by atoms with E-state index in [9.17, 15) is 9.59 Å². The normalized spacial score (nSPS) is 19.0. The number of nitrogens with one attached hydrogen (secondary N) is 2. The fourth-order valence-corrected chi connectivity index (χ4v) is 4.31. The fourth-order valence-electron chi connectivity index (χ4n) is 4.05. The average Bonchev–Trinajstić information content (AvgIpc) is 3.45. The monoisotopic (exact) mass is 521 g/mol. The van der Waals surface area contributed by atoms with Gasteiger partial charge in [-0.05, 0) is 35.2 Å². The molecule has 1 aromatic heterocycles. The number of likely N-dealkylation sites (tertiary alicyclic amines) is 1. The summed E-state index contributed by atoms with van der Waals surface area (Å²) < 4.78 is 16.8. The highest BCUT2D eigenvalue weighted by atomic mass is 79.9. The van der Waals surface area contributed by atoms with Crippen LogP contribution in [0.3, 0.4) is 0 Å². The molecular formula is C24H32BrN3O5. The Balaban J connectivity index is 1.85. The predicted octanol–water partition coefficient (Wildman–Crippen LogP) is 4.13. The molecule has 1 fully saturated rings. The van der Waals surface area contributed by atoms with Gasteiger partial charge in [-0.2, -0.15) is 0 Å². The molecule has 8 nitrogen and oxygen atoms in total. The number of benzene rings is 1.